The van der Waals surface area contributed by atoms with E-state index in [-0.39, 0.29) is 17.8 Å². The molecule has 0 radical (unpaired) electrons. The van der Waals surface area contributed by atoms with Crippen LogP contribution in [0.3, 0.4) is 0 Å². The van der Waals surface area contributed by atoms with E-state index < -0.39 is 12.2 Å². The molecule has 30 heavy (non-hydrogen) atoms. The summed E-state index contributed by atoms with van der Waals surface area (Å²) >= 11 is 0. The van der Waals surface area contributed by atoms with Crippen molar-refractivity contribution in [3.05, 3.63) is 30.2 Å². The van der Waals surface area contributed by atoms with E-state index in [0.29, 0.717) is 16.8 Å². The monoisotopic (exact) mass is 418 g/mol. The smallest absolute Gasteiger partial charge is 0.382 e. The van der Waals surface area contributed by atoms with E-state index >= 15 is 0 Å². The third-order valence-corrected chi connectivity index (χ3v) is 4.88. The summed E-state index contributed by atoms with van der Waals surface area (Å²) in [5.41, 5.74) is 9.41. The van der Waals surface area contributed by atoms with Crippen LogP contribution >= 0.6 is 0 Å². The summed E-state index contributed by atoms with van der Waals surface area (Å²) < 4.78 is 41.9. The molecule has 0 bridgehead atoms. The Morgan fingerprint density at radius 2 is 1.80 bits per heavy atom. The van der Waals surface area contributed by atoms with Gasteiger partial charge in [-0.15, -0.1) is 5.10 Å². The van der Waals surface area contributed by atoms with Crippen LogP contribution in [0, 0.1) is 6.92 Å². The van der Waals surface area contributed by atoms with Gasteiger partial charge in [-0.1, -0.05) is 0 Å². The molecule has 4 aromatic rings. The van der Waals surface area contributed by atoms with E-state index in [1.807, 2.05) is 23.6 Å². The van der Waals surface area contributed by atoms with E-state index in [1.54, 1.807) is 12.3 Å². The van der Waals surface area contributed by atoms with Crippen molar-refractivity contribution in [1.29, 1.82) is 0 Å². The van der Waals surface area contributed by atoms with Crippen LogP contribution in [0.2, 0.25) is 0 Å². The Bertz CT molecular complexity index is 1240. The molecule has 158 valence electrons. The Balaban J connectivity index is 1.80. The predicted molar refractivity (Wildman–Crippen MR) is 108 cm³/mol. The van der Waals surface area contributed by atoms with E-state index in [1.165, 1.54) is 4.52 Å². The van der Waals surface area contributed by atoms with E-state index in [2.05, 4.69) is 34.2 Å². The first-order chi connectivity index (χ1) is 14.1. The van der Waals surface area contributed by atoms with Gasteiger partial charge in [0.2, 0.25) is 5.95 Å². The molecule has 11 heteroatoms. The van der Waals surface area contributed by atoms with E-state index in [4.69, 9.17) is 10.7 Å². The van der Waals surface area contributed by atoms with Gasteiger partial charge in [-0.2, -0.15) is 18.2 Å². The highest BCUT2D eigenvalue weighted by Crippen LogP contribution is 2.30. The van der Waals surface area contributed by atoms with Gasteiger partial charge in [0.15, 0.2) is 11.5 Å². The molecule has 0 fully saturated rings. The lowest BCUT2D eigenvalue weighted by Crippen LogP contribution is -2.34. The molecule has 4 aromatic heterocycles. The number of aromatic nitrogens is 6. The largest absolute Gasteiger partial charge is 0.408 e. The fourth-order valence-corrected chi connectivity index (χ4v) is 3.45. The number of nitrogens with zero attached hydrogens (tertiary/aromatic N) is 6. The number of halogens is 3. The van der Waals surface area contributed by atoms with Crippen LogP contribution in [0.4, 0.5) is 24.9 Å². The first-order valence-electron chi connectivity index (χ1n) is 9.40. The molecular weight excluding hydrogens is 397 g/mol. The molecule has 4 heterocycles. The van der Waals surface area contributed by atoms with Crippen LogP contribution in [0.25, 0.3) is 27.9 Å². The van der Waals surface area contributed by atoms with Gasteiger partial charge in [0.1, 0.15) is 22.9 Å². The second kappa shape index (κ2) is 6.85. The molecule has 0 spiro atoms. The first-order valence-corrected chi connectivity index (χ1v) is 9.40. The van der Waals surface area contributed by atoms with Crippen LogP contribution in [0.5, 0.6) is 0 Å². The van der Waals surface area contributed by atoms with Gasteiger partial charge in [0, 0.05) is 17.8 Å². The Hall–Kier alpha value is -3.37. The van der Waals surface area contributed by atoms with Crippen molar-refractivity contribution in [3.8, 4) is 11.3 Å². The number of nitrogens with one attached hydrogen (secondary N) is 1. The predicted octanol–water partition coefficient (Wildman–Crippen LogP) is 3.98. The number of nitrogens with two attached hydrogens (primary N) is 1. The van der Waals surface area contributed by atoms with E-state index in [9.17, 15) is 13.2 Å². The van der Waals surface area contributed by atoms with Crippen LogP contribution < -0.4 is 11.1 Å². The lowest BCUT2D eigenvalue weighted by molar-refractivity contribution is -0.138. The highest BCUT2D eigenvalue weighted by Gasteiger charge is 2.36. The number of anilines is 2. The second-order valence-electron chi connectivity index (χ2n) is 7.41. The number of nitrogen functional groups attached to an aromatic ring is 1. The third-order valence-electron chi connectivity index (χ3n) is 4.88. The Kier molecular flexibility index (Phi) is 4.55. The van der Waals surface area contributed by atoms with Crippen molar-refractivity contribution in [2.75, 3.05) is 11.1 Å². The topological polar surface area (TPSA) is 98.9 Å². The molecule has 0 aliphatic heterocycles. The zero-order valence-corrected chi connectivity index (χ0v) is 16.9. The molecule has 8 nitrogen and oxygen atoms in total. The summed E-state index contributed by atoms with van der Waals surface area (Å²) in [6.45, 7) is 7.03. The zero-order chi connectivity index (χ0) is 21.8. The number of hydrogen-bond donors (Lipinski definition) is 2. The molecule has 0 saturated heterocycles. The lowest BCUT2D eigenvalue weighted by atomic mass is 10.2. The highest BCUT2D eigenvalue weighted by molar-refractivity contribution is 5.88. The maximum Gasteiger partial charge on any atom is 0.408 e. The molecule has 0 unspecified atom stereocenters. The average molecular weight is 418 g/mol. The zero-order valence-electron chi connectivity index (χ0n) is 16.9. The van der Waals surface area contributed by atoms with Crippen molar-refractivity contribution in [2.45, 2.75) is 46.0 Å². The molecule has 0 aliphatic carbocycles. The number of imidazole rings is 1. The highest BCUT2D eigenvalue weighted by atomic mass is 19.4. The SMILES string of the molecule is Cc1nc2ccc(-c3ccn4nc(N[C@H](C)C(F)(F)F)nc(N)c34)nc2n1C(C)C. The molecule has 0 amide bonds. The molecule has 4 rings (SSSR count). The molecule has 0 saturated carbocycles. The number of aryl methyl sites for hydroxylation is 1. The summed E-state index contributed by atoms with van der Waals surface area (Å²) in [6, 6.07) is 3.83. The second-order valence-corrected chi connectivity index (χ2v) is 7.41. The van der Waals surface area contributed by atoms with Crippen LogP contribution in [-0.4, -0.2) is 41.4 Å². The number of fused-ring (bicyclic) bond motifs is 2. The quantitative estimate of drug-likeness (QED) is 0.520. The van der Waals surface area contributed by atoms with Crippen molar-refractivity contribution >= 4 is 28.4 Å². The minimum Gasteiger partial charge on any atom is -0.382 e. The molecular formula is C19H21F3N8. The Morgan fingerprint density at radius 3 is 2.47 bits per heavy atom. The van der Waals surface area contributed by atoms with E-state index in [0.717, 1.165) is 23.9 Å². The molecule has 1 atom stereocenters. The number of alkyl halides is 3. The van der Waals surface area contributed by atoms with Crippen molar-refractivity contribution in [2.24, 2.45) is 0 Å². The van der Waals surface area contributed by atoms with Crippen LogP contribution in [0.15, 0.2) is 24.4 Å². The summed E-state index contributed by atoms with van der Waals surface area (Å²) in [5.74, 6) is 0.713. The summed E-state index contributed by atoms with van der Waals surface area (Å²) in [4.78, 5) is 13.3. The van der Waals surface area contributed by atoms with Gasteiger partial charge in [0.05, 0.1) is 5.69 Å². The van der Waals surface area contributed by atoms with Gasteiger partial charge in [0.25, 0.3) is 0 Å². The minimum atomic E-state index is -4.42. The van der Waals surface area contributed by atoms with Gasteiger partial charge >= 0.3 is 6.18 Å². The van der Waals surface area contributed by atoms with Gasteiger partial charge in [-0.3, -0.25) is 0 Å². The number of pyridine rings is 1. The minimum absolute atomic E-state index is 0.0531. The fraction of sp³-hybridized carbons (Fsp3) is 0.368. The van der Waals surface area contributed by atoms with Crippen LogP contribution in [0.1, 0.15) is 32.6 Å². The third kappa shape index (κ3) is 3.29. The Morgan fingerprint density at radius 1 is 1.07 bits per heavy atom. The summed E-state index contributed by atoms with van der Waals surface area (Å²) in [7, 11) is 0. The van der Waals surface area contributed by atoms with Gasteiger partial charge < -0.3 is 15.6 Å². The Labute approximate surface area is 169 Å². The van der Waals surface area contributed by atoms with Gasteiger partial charge in [-0.05, 0) is 45.9 Å². The maximum atomic E-state index is 12.8. The molecule has 0 aliphatic rings. The molecule has 0 aromatic carbocycles. The molecule has 3 N–H and O–H groups in total. The first kappa shape index (κ1) is 19.9. The van der Waals surface area contributed by atoms with Crippen LogP contribution in [-0.2, 0) is 0 Å². The lowest BCUT2D eigenvalue weighted by Gasteiger charge is -2.17. The van der Waals surface area contributed by atoms with Gasteiger partial charge in [-0.25, -0.2) is 14.5 Å². The van der Waals surface area contributed by atoms with Crippen molar-refractivity contribution < 1.29 is 13.2 Å². The maximum absolute atomic E-state index is 12.8. The summed E-state index contributed by atoms with van der Waals surface area (Å²) in [5, 5.41) is 6.35. The average Bonchev–Trinajstić information content (AvgIpc) is 3.20. The number of hydrogen-bond acceptors (Lipinski definition) is 6. The normalized spacial score (nSPS) is 13.5. The summed E-state index contributed by atoms with van der Waals surface area (Å²) in [6.07, 6.45) is -2.81. The number of rotatable bonds is 4. The van der Waals surface area contributed by atoms with Crippen molar-refractivity contribution in [1.82, 2.24) is 29.1 Å². The fourth-order valence-electron chi connectivity index (χ4n) is 3.45. The van der Waals surface area contributed by atoms with Crippen molar-refractivity contribution in [3.63, 3.8) is 0 Å². The standard InChI is InChI=1S/C19H21F3N8/c1-9(2)30-11(4)25-14-6-5-13(26-17(14)30)12-7-8-29-15(12)16(23)27-18(28-29)24-10(3)19(20,21)22/h5-10H,1-4H3,(H3,23,24,27,28)/t10-/m1/s1.